The molecule has 0 aromatic heterocycles. The fourth-order valence-corrected chi connectivity index (χ4v) is 2.62. The van der Waals surface area contributed by atoms with Gasteiger partial charge in [0.25, 0.3) is 0 Å². The van der Waals surface area contributed by atoms with Crippen LogP contribution in [0.25, 0.3) is 0 Å². The molecule has 1 unspecified atom stereocenters. The summed E-state index contributed by atoms with van der Waals surface area (Å²) in [5, 5.41) is 16.3. The number of nitrogens with two attached hydrogens (primary N) is 1. The van der Waals surface area contributed by atoms with E-state index in [2.05, 4.69) is 6.92 Å². The predicted octanol–water partition coefficient (Wildman–Crippen LogP) is 1.84. The Bertz CT molecular complexity index is 367. The van der Waals surface area contributed by atoms with E-state index in [-0.39, 0.29) is 64.2 Å². The van der Waals surface area contributed by atoms with Crippen molar-refractivity contribution in [3.63, 3.8) is 0 Å². The molecule has 28 heavy (non-hydrogen) atoms. The molecule has 0 saturated heterocycles. The summed E-state index contributed by atoms with van der Waals surface area (Å²) in [6.07, 6.45) is 20.0. The molecule has 0 spiro atoms. The summed E-state index contributed by atoms with van der Waals surface area (Å²) in [6.45, 7) is 2.27. The van der Waals surface area contributed by atoms with Crippen molar-refractivity contribution in [3.05, 3.63) is 0 Å². The molecule has 7 heteroatoms. The van der Waals surface area contributed by atoms with E-state index in [1.54, 1.807) is 0 Å². The van der Waals surface area contributed by atoms with E-state index in [1.807, 2.05) is 6.29 Å². The maximum absolute atomic E-state index is 9.99. The van der Waals surface area contributed by atoms with Crippen LogP contribution in [-0.4, -0.2) is 34.5 Å². The Hall–Kier alpha value is 0.206. The van der Waals surface area contributed by atoms with Crippen molar-refractivity contribution in [1.82, 2.24) is 0 Å². The third-order valence-electron chi connectivity index (χ3n) is 4.37. The van der Waals surface area contributed by atoms with Gasteiger partial charge in [-0.15, -0.1) is 0 Å². The summed E-state index contributed by atoms with van der Waals surface area (Å²) in [7, 11) is 0. The number of carboxylic acid groups (broad SMARTS) is 2. The van der Waals surface area contributed by atoms with Crippen LogP contribution in [0.15, 0.2) is 0 Å². The number of hydrogen-bond acceptors (Lipinski definition) is 4. The Morgan fingerprint density at radius 3 is 1.54 bits per heavy atom. The SMILES string of the molecule is CCCCCCCCCCCCCCC[C-]=O.NC(CCC(=O)O)C(=O)O.[K+]. The molecule has 0 aliphatic rings. The molecular formula is C21H40KNO5. The maximum atomic E-state index is 9.99. The number of hydrogen-bond donors (Lipinski definition) is 3. The van der Waals surface area contributed by atoms with Crippen molar-refractivity contribution in [2.75, 3.05) is 0 Å². The average molecular weight is 426 g/mol. The van der Waals surface area contributed by atoms with Crippen LogP contribution in [0.3, 0.4) is 0 Å². The molecule has 0 amide bonds. The molecule has 4 N–H and O–H groups in total. The van der Waals surface area contributed by atoms with Gasteiger partial charge in [0, 0.05) is 6.42 Å². The monoisotopic (exact) mass is 425 g/mol. The van der Waals surface area contributed by atoms with E-state index in [0.29, 0.717) is 6.42 Å². The zero-order valence-corrected chi connectivity index (χ0v) is 21.2. The molecule has 0 fully saturated rings. The Kier molecular flexibility index (Phi) is 31.9. The number of carboxylic acids is 2. The normalized spacial score (nSPS) is 10.9. The third kappa shape index (κ3) is 30.9. The summed E-state index contributed by atoms with van der Waals surface area (Å²) >= 11 is 0. The van der Waals surface area contributed by atoms with Crippen LogP contribution in [0.4, 0.5) is 0 Å². The van der Waals surface area contributed by atoms with Gasteiger partial charge in [-0.1, -0.05) is 90.4 Å². The van der Waals surface area contributed by atoms with Crippen LogP contribution in [-0.2, 0) is 14.4 Å². The molecule has 0 bridgehead atoms. The average Bonchev–Trinajstić information content (AvgIpc) is 2.64. The quantitative estimate of drug-likeness (QED) is 0.175. The summed E-state index contributed by atoms with van der Waals surface area (Å²) < 4.78 is 0. The van der Waals surface area contributed by atoms with Gasteiger partial charge in [-0.2, -0.15) is 6.42 Å². The van der Waals surface area contributed by atoms with E-state index in [0.717, 1.165) is 6.42 Å². The number of unbranched alkanes of at least 4 members (excludes halogenated alkanes) is 13. The molecule has 6 nitrogen and oxygen atoms in total. The minimum atomic E-state index is -1.17. The van der Waals surface area contributed by atoms with Crippen molar-refractivity contribution < 1.29 is 76.0 Å². The second kappa shape index (κ2) is 27.2. The minimum absolute atomic E-state index is 0. The standard InChI is InChI=1S/C16H31O.C5H9NO4.K/c1-2-3-4-5-6-7-8-9-10-11-12-13-14-15-16-17;6-3(5(9)10)1-2-4(7)8;/h2-15H2,1H3;3H,1-2,6H2,(H,7,8)(H,9,10);/q-1;;+1. The van der Waals surface area contributed by atoms with Crippen LogP contribution in [0.2, 0.25) is 0 Å². The van der Waals surface area contributed by atoms with Crippen molar-refractivity contribution in [2.24, 2.45) is 5.73 Å². The van der Waals surface area contributed by atoms with E-state index in [9.17, 15) is 14.4 Å². The summed E-state index contributed by atoms with van der Waals surface area (Å²) in [6, 6.07) is -1.06. The molecule has 1 atom stereocenters. The molecule has 0 aliphatic carbocycles. The van der Waals surface area contributed by atoms with Crippen molar-refractivity contribution >= 4 is 18.2 Å². The molecule has 0 aromatic rings. The Morgan fingerprint density at radius 1 is 0.821 bits per heavy atom. The van der Waals surface area contributed by atoms with Crippen molar-refractivity contribution in [3.8, 4) is 0 Å². The van der Waals surface area contributed by atoms with Gasteiger partial charge in [0.1, 0.15) is 6.04 Å². The number of aliphatic carboxylic acids is 2. The van der Waals surface area contributed by atoms with Gasteiger partial charge in [-0.05, 0) is 6.42 Å². The smallest absolute Gasteiger partial charge is 0.542 e. The van der Waals surface area contributed by atoms with Crippen LogP contribution in [0, 0.1) is 0 Å². The molecular weight excluding hydrogens is 385 g/mol. The van der Waals surface area contributed by atoms with Gasteiger partial charge in [0.05, 0.1) is 0 Å². The first-order valence-corrected chi connectivity index (χ1v) is 10.5. The predicted molar refractivity (Wildman–Crippen MR) is 108 cm³/mol. The first-order valence-electron chi connectivity index (χ1n) is 10.5. The van der Waals surface area contributed by atoms with Gasteiger partial charge < -0.3 is 20.7 Å². The van der Waals surface area contributed by atoms with E-state index in [4.69, 9.17) is 15.9 Å². The zero-order valence-electron chi connectivity index (χ0n) is 18.1. The molecule has 0 saturated carbocycles. The second-order valence-corrected chi connectivity index (χ2v) is 7.01. The van der Waals surface area contributed by atoms with E-state index in [1.165, 1.54) is 77.0 Å². The van der Waals surface area contributed by atoms with Gasteiger partial charge in [-0.25, -0.2) is 0 Å². The van der Waals surface area contributed by atoms with Gasteiger partial charge in [0.2, 0.25) is 0 Å². The van der Waals surface area contributed by atoms with Crippen LogP contribution < -0.4 is 57.1 Å². The molecule has 0 heterocycles. The van der Waals surface area contributed by atoms with Gasteiger partial charge in [-0.3, -0.25) is 15.9 Å². The maximum Gasteiger partial charge on any atom is 1.00 e. The van der Waals surface area contributed by atoms with Crippen molar-refractivity contribution in [2.45, 2.75) is 116 Å². The molecule has 160 valence electrons. The topological polar surface area (TPSA) is 118 Å². The summed E-state index contributed by atoms with van der Waals surface area (Å²) in [4.78, 5) is 29.9. The van der Waals surface area contributed by atoms with E-state index < -0.39 is 18.0 Å². The Morgan fingerprint density at radius 2 is 1.21 bits per heavy atom. The third-order valence-corrected chi connectivity index (χ3v) is 4.37. The molecule has 0 radical (unpaired) electrons. The number of carbonyl (C=O) groups is 2. The van der Waals surface area contributed by atoms with Crippen LogP contribution in [0.1, 0.15) is 110 Å². The first-order chi connectivity index (χ1) is 13.0. The summed E-state index contributed by atoms with van der Waals surface area (Å²) in [5.74, 6) is -2.20. The fraction of sp³-hybridized carbons (Fsp3) is 0.857. The summed E-state index contributed by atoms with van der Waals surface area (Å²) in [5.41, 5.74) is 5.00. The fourth-order valence-electron chi connectivity index (χ4n) is 2.62. The number of carbonyl (C=O) groups excluding carboxylic acids is 1. The second-order valence-electron chi connectivity index (χ2n) is 7.01. The van der Waals surface area contributed by atoms with E-state index >= 15 is 0 Å². The van der Waals surface area contributed by atoms with Crippen LogP contribution in [0.5, 0.6) is 0 Å². The molecule has 0 aromatic carbocycles. The zero-order chi connectivity index (χ0) is 20.8. The Labute approximate surface area is 213 Å². The minimum Gasteiger partial charge on any atom is -0.542 e. The molecule has 0 rings (SSSR count). The number of rotatable bonds is 18. The molecule has 0 aliphatic heterocycles. The van der Waals surface area contributed by atoms with Crippen LogP contribution >= 0.6 is 0 Å². The van der Waals surface area contributed by atoms with Gasteiger partial charge in [0.15, 0.2) is 0 Å². The first kappa shape index (κ1) is 32.9. The van der Waals surface area contributed by atoms with Crippen molar-refractivity contribution in [1.29, 1.82) is 0 Å². The largest absolute Gasteiger partial charge is 1.00 e. The Balaban J connectivity index is -0.000000489. The van der Waals surface area contributed by atoms with Gasteiger partial charge >= 0.3 is 63.3 Å².